The van der Waals surface area contributed by atoms with Gasteiger partial charge in [-0.3, -0.25) is 0 Å². The average molecular weight is 161 g/mol. The second kappa shape index (κ2) is 27.9. The second-order valence-corrected chi connectivity index (χ2v) is 0.283. The van der Waals surface area contributed by atoms with Crippen LogP contribution in [0.5, 0.6) is 0 Å². The van der Waals surface area contributed by atoms with E-state index in [1.165, 1.54) is 0 Å². The predicted molar refractivity (Wildman–Crippen MR) is 21.5 cm³/mol. The third-order valence-electron chi connectivity index (χ3n) is 0. The fraction of sp³-hybridized carbons (Fsp3) is 0. The Morgan fingerprint density at radius 3 is 1.00 bits per heavy atom. The Bertz CT molecular complexity index is 31.5. The van der Waals surface area contributed by atoms with Crippen molar-refractivity contribution in [2.24, 2.45) is 0 Å². The number of rotatable bonds is 0. The molecule has 0 heterocycles. The smallest absolute Gasteiger partial charge is 0.450 e. The van der Waals surface area contributed by atoms with Gasteiger partial charge in [-0.25, -0.2) is 4.79 Å². The van der Waals surface area contributed by atoms with Crippen LogP contribution in [-0.4, -0.2) is 32.8 Å². The largest absolute Gasteiger partial charge is 0.503 e. The summed E-state index contributed by atoms with van der Waals surface area (Å²) in [4.78, 5) is 8.56. The van der Waals surface area contributed by atoms with Crippen molar-refractivity contribution >= 4 is 6.16 Å². The van der Waals surface area contributed by atoms with E-state index in [1.807, 2.05) is 0 Å². The molecule has 0 spiro atoms. The summed E-state index contributed by atoms with van der Waals surface area (Å²) in [6.07, 6.45) is -1.83. The van der Waals surface area contributed by atoms with Crippen molar-refractivity contribution in [2.75, 3.05) is 0 Å². The van der Waals surface area contributed by atoms with Gasteiger partial charge in [0.2, 0.25) is 0 Å². The Labute approximate surface area is 63.8 Å². The van der Waals surface area contributed by atoms with E-state index in [9.17, 15) is 0 Å². The normalized spacial score (nSPS) is 3.00. The maximum Gasteiger partial charge on any atom is 0.503 e. The molecule has 0 saturated carbocycles. The summed E-state index contributed by atoms with van der Waals surface area (Å²) in [7, 11) is 0. The van der Waals surface area contributed by atoms with Gasteiger partial charge in [0.25, 0.3) is 0 Å². The first-order chi connectivity index (χ1) is 1.73. The fourth-order valence-corrected chi connectivity index (χ4v) is 0. The van der Waals surface area contributed by atoms with E-state index >= 15 is 0 Å². The van der Waals surface area contributed by atoms with Gasteiger partial charge in [-0.1, -0.05) is 0 Å². The van der Waals surface area contributed by atoms with Gasteiger partial charge in [0.05, 0.1) is 0 Å². The van der Waals surface area contributed by atoms with Gasteiger partial charge in [0.1, 0.15) is 0 Å². The predicted octanol–water partition coefficient (Wildman–Crippen LogP) is -2.25. The Kier molecular flexibility index (Phi) is 151. The Morgan fingerprint density at radius 2 is 1.00 bits per heavy atom. The fourth-order valence-electron chi connectivity index (χ4n) is 0. The third kappa shape index (κ3) is 374000. The summed E-state index contributed by atoms with van der Waals surface area (Å²) in [6.45, 7) is 0. The van der Waals surface area contributed by atoms with Crippen LogP contribution in [0.1, 0.15) is 0 Å². The van der Waals surface area contributed by atoms with Gasteiger partial charge >= 0.3 is 6.16 Å². The minimum absolute atomic E-state index is 0. The van der Waals surface area contributed by atoms with Gasteiger partial charge in [-0.05, 0) is 0 Å². The standard InChI is InChI=1S/CH2O3.3H2O.Sc/c2-1(3)4;;;;/h(H2,2,3,4);3*1H2;. The zero-order chi connectivity index (χ0) is 3.58. The van der Waals surface area contributed by atoms with E-state index in [0.29, 0.717) is 0 Å². The summed E-state index contributed by atoms with van der Waals surface area (Å²) in [5, 5.41) is 13.9. The SMILES string of the molecule is O.O.O.O=C(O)O.[Sc]. The van der Waals surface area contributed by atoms with E-state index in [-0.39, 0.29) is 42.3 Å². The molecule has 0 aromatic carbocycles. The molecule has 0 aliphatic rings. The van der Waals surface area contributed by atoms with Crippen LogP contribution in [0, 0.1) is 0 Å². The van der Waals surface area contributed by atoms with E-state index in [0.717, 1.165) is 0 Å². The zero-order valence-corrected chi connectivity index (χ0v) is 5.68. The zero-order valence-electron chi connectivity index (χ0n) is 3.88. The van der Waals surface area contributed by atoms with Crippen LogP contribution >= 0.6 is 0 Å². The van der Waals surface area contributed by atoms with Crippen molar-refractivity contribution in [2.45, 2.75) is 0 Å². The molecule has 8 N–H and O–H groups in total. The molecule has 0 fully saturated rings. The number of hydrogen-bond donors (Lipinski definition) is 2. The van der Waals surface area contributed by atoms with Gasteiger partial charge in [-0.2, -0.15) is 0 Å². The summed E-state index contributed by atoms with van der Waals surface area (Å²) in [6, 6.07) is 0. The van der Waals surface area contributed by atoms with E-state index < -0.39 is 6.16 Å². The Balaban J connectivity index is -0.00000000750. The van der Waals surface area contributed by atoms with Gasteiger partial charge in [0.15, 0.2) is 0 Å². The van der Waals surface area contributed by atoms with Crippen molar-refractivity contribution in [3.8, 4) is 0 Å². The Hall–Kier alpha value is 0.0201. The maximum absolute atomic E-state index is 8.56. The Morgan fingerprint density at radius 1 is 1.00 bits per heavy atom. The van der Waals surface area contributed by atoms with Crippen molar-refractivity contribution in [1.29, 1.82) is 0 Å². The summed E-state index contributed by atoms with van der Waals surface area (Å²) < 4.78 is 0. The molecule has 0 saturated heterocycles. The van der Waals surface area contributed by atoms with Crippen molar-refractivity contribution in [3.05, 3.63) is 0 Å². The van der Waals surface area contributed by atoms with E-state index in [1.54, 1.807) is 0 Å². The van der Waals surface area contributed by atoms with Crippen LogP contribution in [0.25, 0.3) is 0 Å². The molecule has 0 unspecified atom stereocenters. The van der Waals surface area contributed by atoms with Gasteiger partial charge < -0.3 is 26.6 Å². The summed E-state index contributed by atoms with van der Waals surface area (Å²) >= 11 is 0. The molecule has 0 bridgehead atoms. The summed E-state index contributed by atoms with van der Waals surface area (Å²) in [5.41, 5.74) is 0. The average Bonchev–Trinajstić information content (AvgIpc) is 0.811. The minimum Gasteiger partial charge on any atom is -0.450 e. The van der Waals surface area contributed by atoms with Crippen LogP contribution in [-0.2, 0) is 25.8 Å². The van der Waals surface area contributed by atoms with Crippen molar-refractivity contribution in [3.63, 3.8) is 0 Å². The molecule has 51 valence electrons. The molecule has 0 amide bonds. The molecule has 0 rings (SSSR count). The molecule has 0 aliphatic carbocycles. The van der Waals surface area contributed by atoms with Gasteiger partial charge in [-0.15, -0.1) is 0 Å². The van der Waals surface area contributed by atoms with Crippen LogP contribution < -0.4 is 0 Å². The first-order valence-electron chi connectivity index (χ1n) is 0.651. The number of carbonyl (C=O) groups is 1. The second-order valence-electron chi connectivity index (χ2n) is 0.283. The molecule has 0 aliphatic heterocycles. The number of carboxylic acid groups (broad SMARTS) is 2. The monoisotopic (exact) mass is 161 g/mol. The van der Waals surface area contributed by atoms with Crippen molar-refractivity contribution in [1.82, 2.24) is 0 Å². The van der Waals surface area contributed by atoms with Crippen LogP contribution in [0.4, 0.5) is 4.79 Å². The molecular formula is CH8O6Sc. The molecular weight excluding hydrogens is 153 g/mol. The molecule has 8 heavy (non-hydrogen) atoms. The first kappa shape index (κ1) is 43.3. The topological polar surface area (TPSA) is 152 Å². The molecule has 1 radical (unpaired) electrons. The quantitative estimate of drug-likeness (QED) is 0.412. The van der Waals surface area contributed by atoms with Crippen LogP contribution in [0.15, 0.2) is 0 Å². The van der Waals surface area contributed by atoms with E-state index in [2.05, 4.69) is 0 Å². The summed E-state index contributed by atoms with van der Waals surface area (Å²) in [5.74, 6) is 0. The number of hydrogen-bond acceptors (Lipinski definition) is 1. The third-order valence-corrected chi connectivity index (χ3v) is 0. The molecule has 6 nitrogen and oxygen atoms in total. The molecule has 0 aromatic heterocycles. The van der Waals surface area contributed by atoms with E-state index in [4.69, 9.17) is 15.0 Å². The molecule has 7 heteroatoms. The molecule has 0 atom stereocenters. The van der Waals surface area contributed by atoms with Crippen LogP contribution in [0.3, 0.4) is 0 Å². The van der Waals surface area contributed by atoms with Gasteiger partial charge in [0, 0.05) is 25.8 Å². The first-order valence-corrected chi connectivity index (χ1v) is 0.651. The van der Waals surface area contributed by atoms with Crippen molar-refractivity contribution < 1.29 is 57.3 Å². The molecule has 0 aromatic rings. The minimum atomic E-state index is -1.83. The maximum atomic E-state index is 8.56. The van der Waals surface area contributed by atoms with Crippen LogP contribution in [0.2, 0.25) is 0 Å².